The standard InChI is InChI=1S/C12H18N2O2.C9H20N2O2.C2H6/c1-9(2)7-8-13-12(15)10-3-5-11(14-16)6-4-10;1-8(2,6-12)11-7(13)9(3,4)10-5;1-2/h3-6,9,14,16H,7-8H2,1-2H3,(H,13,15);10,12H,6H2,1-5H3,(H,11,13);1-2H3. The van der Waals surface area contributed by atoms with E-state index in [2.05, 4.69) is 29.8 Å². The van der Waals surface area contributed by atoms with Crippen molar-refractivity contribution in [3.8, 4) is 0 Å². The third kappa shape index (κ3) is 13.7. The molecule has 1 aromatic rings. The van der Waals surface area contributed by atoms with Crippen LogP contribution in [0.4, 0.5) is 5.69 Å². The second-order valence-corrected chi connectivity index (χ2v) is 8.50. The molecule has 0 aliphatic carbocycles. The van der Waals surface area contributed by atoms with Crippen LogP contribution in [0.25, 0.3) is 0 Å². The zero-order valence-corrected chi connectivity index (χ0v) is 20.7. The normalized spacial score (nSPS) is 10.8. The molecule has 0 unspecified atom stereocenters. The molecule has 0 aliphatic rings. The van der Waals surface area contributed by atoms with Gasteiger partial charge >= 0.3 is 0 Å². The molecule has 180 valence electrons. The van der Waals surface area contributed by atoms with Gasteiger partial charge in [-0.3, -0.25) is 20.3 Å². The zero-order valence-electron chi connectivity index (χ0n) is 20.7. The Morgan fingerprint density at radius 3 is 1.94 bits per heavy atom. The van der Waals surface area contributed by atoms with E-state index in [4.69, 9.17) is 10.3 Å². The smallest absolute Gasteiger partial charge is 0.251 e. The van der Waals surface area contributed by atoms with E-state index >= 15 is 0 Å². The van der Waals surface area contributed by atoms with Gasteiger partial charge in [0.15, 0.2) is 0 Å². The first kappa shape index (κ1) is 31.0. The van der Waals surface area contributed by atoms with Crippen LogP contribution in [0, 0.1) is 5.92 Å². The van der Waals surface area contributed by atoms with Crippen molar-refractivity contribution < 1.29 is 19.9 Å². The number of rotatable bonds is 9. The van der Waals surface area contributed by atoms with E-state index in [-0.39, 0.29) is 18.4 Å². The van der Waals surface area contributed by atoms with Crippen molar-refractivity contribution in [2.24, 2.45) is 5.92 Å². The number of aliphatic hydroxyl groups excluding tert-OH is 1. The summed E-state index contributed by atoms with van der Waals surface area (Å²) >= 11 is 0. The van der Waals surface area contributed by atoms with Crippen LogP contribution < -0.4 is 21.4 Å². The van der Waals surface area contributed by atoms with E-state index in [1.54, 1.807) is 59.0 Å². The summed E-state index contributed by atoms with van der Waals surface area (Å²) in [4.78, 5) is 23.2. The predicted octanol–water partition coefficient (Wildman–Crippen LogP) is 3.16. The molecule has 8 nitrogen and oxygen atoms in total. The van der Waals surface area contributed by atoms with Gasteiger partial charge in [-0.2, -0.15) is 0 Å². The number of carbonyl (C=O) groups excluding carboxylic acids is 2. The van der Waals surface area contributed by atoms with Crippen molar-refractivity contribution >= 4 is 17.5 Å². The summed E-state index contributed by atoms with van der Waals surface area (Å²) in [5.74, 6) is 0.389. The Kier molecular flexibility index (Phi) is 15.6. The molecule has 0 aromatic heterocycles. The largest absolute Gasteiger partial charge is 0.394 e. The highest BCUT2D eigenvalue weighted by Gasteiger charge is 2.29. The van der Waals surface area contributed by atoms with Crippen LogP contribution in [0.2, 0.25) is 0 Å². The number of hydrogen-bond acceptors (Lipinski definition) is 6. The van der Waals surface area contributed by atoms with E-state index < -0.39 is 11.1 Å². The summed E-state index contributed by atoms with van der Waals surface area (Å²) in [6.07, 6.45) is 0.974. The van der Waals surface area contributed by atoms with Crippen LogP contribution in [-0.2, 0) is 4.79 Å². The first-order valence-electron chi connectivity index (χ1n) is 10.8. The quantitative estimate of drug-likeness (QED) is 0.328. The van der Waals surface area contributed by atoms with Crippen LogP contribution in [0.3, 0.4) is 0 Å². The summed E-state index contributed by atoms with van der Waals surface area (Å²) in [5.41, 5.74) is 2.02. The Balaban J connectivity index is 0. The van der Waals surface area contributed by atoms with Crippen molar-refractivity contribution in [2.45, 2.75) is 72.9 Å². The number of anilines is 1. The zero-order chi connectivity index (χ0) is 24.7. The van der Waals surface area contributed by atoms with E-state index in [0.29, 0.717) is 23.7 Å². The molecule has 8 heteroatoms. The molecule has 0 saturated carbocycles. The van der Waals surface area contributed by atoms with Crippen LogP contribution in [0.5, 0.6) is 0 Å². The second kappa shape index (κ2) is 15.6. The van der Waals surface area contributed by atoms with Crippen molar-refractivity contribution in [3.63, 3.8) is 0 Å². The van der Waals surface area contributed by atoms with Gasteiger partial charge in [-0.1, -0.05) is 27.7 Å². The van der Waals surface area contributed by atoms with Crippen LogP contribution in [-0.4, -0.2) is 53.4 Å². The second-order valence-electron chi connectivity index (χ2n) is 8.50. The number of carbonyl (C=O) groups is 2. The summed E-state index contributed by atoms with van der Waals surface area (Å²) in [5, 5.41) is 26.1. The molecule has 0 radical (unpaired) electrons. The maximum absolute atomic E-state index is 11.6. The number of benzene rings is 1. The number of aliphatic hydroxyl groups is 1. The number of amides is 2. The van der Waals surface area contributed by atoms with Gasteiger partial charge in [-0.05, 0) is 71.3 Å². The fourth-order valence-corrected chi connectivity index (χ4v) is 1.89. The molecule has 1 rings (SSSR count). The third-order valence-electron chi connectivity index (χ3n) is 4.32. The third-order valence-corrected chi connectivity index (χ3v) is 4.32. The molecule has 6 N–H and O–H groups in total. The van der Waals surface area contributed by atoms with Gasteiger partial charge < -0.3 is 21.1 Å². The van der Waals surface area contributed by atoms with Gasteiger partial charge in [0.2, 0.25) is 5.91 Å². The minimum Gasteiger partial charge on any atom is -0.394 e. The molecule has 1 aromatic carbocycles. The summed E-state index contributed by atoms with van der Waals surface area (Å²) in [7, 11) is 1.73. The molecule has 0 bridgehead atoms. The average molecular weight is 441 g/mol. The number of nitrogens with one attached hydrogen (secondary N) is 4. The molecule has 0 aliphatic heterocycles. The fourth-order valence-electron chi connectivity index (χ4n) is 1.89. The van der Waals surface area contributed by atoms with Crippen LogP contribution in [0.1, 0.15) is 72.2 Å². The summed E-state index contributed by atoms with van der Waals surface area (Å²) in [6, 6.07) is 6.64. The molecule has 0 heterocycles. The molecule has 0 atom stereocenters. The van der Waals surface area contributed by atoms with Gasteiger partial charge in [-0.15, -0.1) is 0 Å². The Hall–Kier alpha value is -2.16. The molecular formula is C23H44N4O4. The lowest BCUT2D eigenvalue weighted by atomic mass is 10.0. The minimum atomic E-state index is -0.605. The molecule has 2 amide bonds. The molecular weight excluding hydrogens is 396 g/mol. The Labute approximate surface area is 188 Å². The summed E-state index contributed by atoms with van der Waals surface area (Å²) < 4.78 is 0. The van der Waals surface area contributed by atoms with E-state index in [1.165, 1.54) is 0 Å². The van der Waals surface area contributed by atoms with Crippen molar-refractivity contribution in [1.82, 2.24) is 16.0 Å². The van der Waals surface area contributed by atoms with Gasteiger partial charge in [0, 0.05) is 12.1 Å². The predicted molar refractivity (Wildman–Crippen MR) is 127 cm³/mol. The molecule has 0 saturated heterocycles. The minimum absolute atomic E-state index is 0.0709. The highest BCUT2D eigenvalue weighted by atomic mass is 16.5. The van der Waals surface area contributed by atoms with E-state index in [1.807, 2.05) is 19.3 Å². The van der Waals surface area contributed by atoms with Crippen molar-refractivity contribution in [1.29, 1.82) is 0 Å². The van der Waals surface area contributed by atoms with Gasteiger partial charge in [0.1, 0.15) is 0 Å². The van der Waals surface area contributed by atoms with Gasteiger partial charge in [0.05, 0.1) is 23.4 Å². The van der Waals surface area contributed by atoms with Crippen molar-refractivity contribution in [3.05, 3.63) is 29.8 Å². The van der Waals surface area contributed by atoms with E-state index in [0.717, 1.165) is 6.42 Å². The Morgan fingerprint density at radius 2 is 1.55 bits per heavy atom. The van der Waals surface area contributed by atoms with Crippen molar-refractivity contribution in [2.75, 3.05) is 25.7 Å². The number of likely N-dealkylation sites (N-methyl/N-ethyl adjacent to an activating group) is 1. The fraction of sp³-hybridized carbons (Fsp3) is 0.652. The monoisotopic (exact) mass is 440 g/mol. The number of hydrogen-bond donors (Lipinski definition) is 6. The first-order chi connectivity index (χ1) is 14.4. The highest BCUT2D eigenvalue weighted by molar-refractivity contribution is 5.94. The lowest BCUT2D eigenvalue weighted by Crippen LogP contribution is -2.57. The maximum atomic E-state index is 11.6. The Morgan fingerprint density at radius 1 is 1.03 bits per heavy atom. The van der Waals surface area contributed by atoms with E-state index in [9.17, 15) is 9.59 Å². The lowest BCUT2D eigenvalue weighted by Gasteiger charge is -2.30. The topological polar surface area (TPSA) is 123 Å². The van der Waals surface area contributed by atoms with Gasteiger partial charge in [0.25, 0.3) is 5.91 Å². The molecule has 31 heavy (non-hydrogen) atoms. The first-order valence-corrected chi connectivity index (χ1v) is 10.8. The lowest BCUT2D eigenvalue weighted by molar-refractivity contribution is -0.128. The van der Waals surface area contributed by atoms with Gasteiger partial charge in [-0.25, -0.2) is 0 Å². The summed E-state index contributed by atoms with van der Waals surface area (Å²) in [6.45, 7) is 16.0. The SMILES string of the molecule is CC.CC(C)CCNC(=O)c1ccc(NO)cc1.CNC(C)(C)C(=O)NC(C)(C)CO. The molecule has 0 fully saturated rings. The highest BCUT2D eigenvalue weighted by Crippen LogP contribution is 2.08. The van der Waals surface area contributed by atoms with Crippen LogP contribution in [0.15, 0.2) is 24.3 Å². The molecule has 0 spiro atoms. The average Bonchev–Trinajstić information content (AvgIpc) is 2.75. The Bertz CT molecular complexity index is 629. The van der Waals surface area contributed by atoms with Crippen LogP contribution >= 0.6 is 0 Å². The maximum Gasteiger partial charge on any atom is 0.251 e.